The second kappa shape index (κ2) is 6.37. The summed E-state index contributed by atoms with van der Waals surface area (Å²) in [5, 5.41) is 11.3. The molecular formula is C11H15FN2OS. The van der Waals surface area contributed by atoms with Gasteiger partial charge in [0.25, 0.3) is 0 Å². The number of oxime groups is 1. The average molecular weight is 242 g/mol. The van der Waals surface area contributed by atoms with Gasteiger partial charge in [0, 0.05) is 11.3 Å². The molecule has 16 heavy (non-hydrogen) atoms. The maximum absolute atomic E-state index is 13.6. The van der Waals surface area contributed by atoms with E-state index >= 15 is 0 Å². The van der Waals surface area contributed by atoms with E-state index in [-0.39, 0.29) is 11.7 Å². The number of hydrogen-bond acceptors (Lipinski definition) is 3. The smallest absolute Gasteiger partial charge is 0.170 e. The maximum Gasteiger partial charge on any atom is 0.170 e. The fourth-order valence-electron chi connectivity index (χ4n) is 1.21. The summed E-state index contributed by atoms with van der Waals surface area (Å²) in [6.07, 6.45) is 1.08. The van der Waals surface area contributed by atoms with Gasteiger partial charge in [0.05, 0.1) is 0 Å². The first kappa shape index (κ1) is 12.8. The zero-order chi connectivity index (χ0) is 12.0. The van der Waals surface area contributed by atoms with Crippen LogP contribution in [0, 0.1) is 5.82 Å². The Morgan fingerprint density at radius 1 is 1.56 bits per heavy atom. The Bertz CT molecular complexity index is 382. The van der Waals surface area contributed by atoms with Gasteiger partial charge in [-0.25, -0.2) is 4.39 Å². The van der Waals surface area contributed by atoms with E-state index in [0.717, 1.165) is 12.2 Å². The number of rotatable bonds is 5. The number of thioether (sulfide) groups is 1. The lowest BCUT2D eigenvalue weighted by atomic mass is 10.1. The molecule has 0 spiro atoms. The predicted molar refractivity (Wildman–Crippen MR) is 65.4 cm³/mol. The molecule has 0 aliphatic rings. The van der Waals surface area contributed by atoms with E-state index in [4.69, 9.17) is 10.9 Å². The molecule has 1 rings (SSSR count). The van der Waals surface area contributed by atoms with Crippen molar-refractivity contribution in [3.05, 3.63) is 35.1 Å². The molecular weight excluding hydrogens is 227 g/mol. The van der Waals surface area contributed by atoms with Crippen molar-refractivity contribution in [1.29, 1.82) is 0 Å². The van der Waals surface area contributed by atoms with E-state index in [1.165, 1.54) is 6.07 Å². The van der Waals surface area contributed by atoms with Crippen molar-refractivity contribution < 1.29 is 9.60 Å². The van der Waals surface area contributed by atoms with Crippen molar-refractivity contribution >= 4 is 17.6 Å². The second-order valence-corrected chi connectivity index (χ2v) is 4.45. The van der Waals surface area contributed by atoms with Gasteiger partial charge >= 0.3 is 0 Å². The Labute approximate surface area is 98.5 Å². The first-order valence-electron chi connectivity index (χ1n) is 5.03. The van der Waals surface area contributed by atoms with E-state index < -0.39 is 0 Å². The molecule has 88 valence electrons. The quantitative estimate of drug-likeness (QED) is 0.274. The van der Waals surface area contributed by atoms with Crippen molar-refractivity contribution in [3.63, 3.8) is 0 Å². The largest absolute Gasteiger partial charge is 0.409 e. The molecule has 3 nitrogen and oxygen atoms in total. The molecule has 0 unspecified atom stereocenters. The molecule has 1 aromatic rings. The van der Waals surface area contributed by atoms with Crippen LogP contribution in [0.15, 0.2) is 23.4 Å². The lowest BCUT2D eigenvalue weighted by Gasteiger charge is -2.05. The maximum atomic E-state index is 13.6. The van der Waals surface area contributed by atoms with Crippen LogP contribution < -0.4 is 5.73 Å². The van der Waals surface area contributed by atoms with Crippen LogP contribution in [0.4, 0.5) is 4.39 Å². The Kier molecular flexibility index (Phi) is 5.11. The second-order valence-electron chi connectivity index (χ2n) is 3.34. The number of halogens is 1. The van der Waals surface area contributed by atoms with E-state index in [1.54, 1.807) is 23.9 Å². The minimum absolute atomic E-state index is 0.0772. The highest BCUT2D eigenvalue weighted by molar-refractivity contribution is 7.98. The standard InChI is InChI=1S/C11H15FN2OS/c1-2-5-16-7-9-4-3-8(6-10(9)12)11(13)14-15/h3-4,6,15H,2,5,7H2,1H3,(H2,13,14). The molecule has 0 amide bonds. The number of nitrogens with two attached hydrogens (primary N) is 1. The van der Waals surface area contributed by atoms with Crippen molar-refractivity contribution in [2.45, 2.75) is 19.1 Å². The van der Waals surface area contributed by atoms with Gasteiger partial charge in [0.15, 0.2) is 5.84 Å². The molecule has 0 saturated heterocycles. The summed E-state index contributed by atoms with van der Waals surface area (Å²) in [7, 11) is 0. The monoisotopic (exact) mass is 242 g/mol. The molecule has 5 heteroatoms. The molecule has 0 atom stereocenters. The Hall–Kier alpha value is -1.23. The molecule has 0 aliphatic carbocycles. The van der Waals surface area contributed by atoms with Crippen LogP contribution in [0.1, 0.15) is 24.5 Å². The van der Waals surface area contributed by atoms with Crippen molar-refractivity contribution in [3.8, 4) is 0 Å². The van der Waals surface area contributed by atoms with Gasteiger partial charge in [0.1, 0.15) is 5.82 Å². The van der Waals surface area contributed by atoms with Crippen LogP contribution >= 0.6 is 11.8 Å². The summed E-state index contributed by atoms with van der Waals surface area (Å²) in [5.74, 6) is 1.27. The third-order valence-electron chi connectivity index (χ3n) is 2.06. The first-order valence-corrected chi connectivity index (χ1v) is 6.18. The molecule has 0 heterocycles. The molecule has 0 aliphatic heterocycles. The molecule has 0 aromatic heterocycles. The zero-order valence-electron chi connectivity index (χ0n) is 9.11. The fourth-order valence-corrected chi connectivity index (χ4v) is 2.09. The molecule has 0 fully saturated rings. The Morgan fingerprint density at radius 2 is 2.31 bits per heavy atom. The number of benzene rings is 1. The van der Waals surface area contributed by atoms with E-state index in [0.29, 0.717) is 16.9 Å². The number of nitrogens with zero attached hydrogens (tertiary/aromatic N) is 1. The fraction of sp³-hybridized carbons (Fsp3) is 0.364. The van der Waals surface area contributed by atoms with Crippen molar-refractivity contribution in [2.24, 2.45) is 10.9 Å². The topological polar surface area (TPSA) is 58.6 Å². The van der Waals surface area contributed by atoms with Crippen LogP contribution in [-0.4, -0.2) is 16.8 Å². The first-order chi connectivity index (χ1) is 7.69. The van der Waals surface area contributed by atoms with Crippen LogP contribution in [0.25, 0.3) is 0 Å². The van der Waals surface area contributed by atoms with Gasteiger partial charge < -0.3 is 10.9 Å². The van der Waals surface area contributed by atoms with Crippen LogP contribution in [0.5, 0.6) is 0 Å². The van der Waals surface area contributed by atoms with Crippen molar-refractivity contribution in [1.82, 2.24) is 0 Å². The van der Waals surface area contributed by atoms with Crippen LogP contribution in [-0.2, 0) is 5.75 Å². The number of amidine groups is 1. The lowest BCUT2D eigenvalue weighted by Crippen LogP contribution is -2.13. The van der Waals surface area contributed by atoms with Gasteiger partial charge in [-0.05, 0) is 23.8 Å². The van der Waals surface area contributed by atoms with E-state index in [1.807, 2.05) is 0 Å². The Morgan fingerprint density at radius 3 is 2.88 bits per heavy atom. The highest BCUT2D eigenvalue weighted by atomic mass is 32.2. The SMILES string of the molecule is CCCSCc1ccc(/C(N)=N/O)cc1F. The van der Waals surface area contributed by atoms with Gasteiger partial charge in [-0.1, -0.05) is 24.2 Å². The highest BCUT2D eigenvalue weighted by Crippen LogP contribution is 2.17. The molecule has 0 saturated carbocycles. The average Bonchev–Trinajstić information content (AvgIpc) is 2.30. The molecule has 3 N–H and O–H groups in total. The molecule has 0 radical (unpaired) electrons. The Balaban J connectivity index is 2.75. The van der Waals surface area contributed by atoms with Gasteiger partial charge in [-0.15, -0.1) is 0 Å². The summed E-state index contributed by atoms with van der Waals surface area (Å²) in [5.41, 5.74) is 6.40. The highest BCUT2D eigenvalue weighted by Gasteiger charge is 2.06. The minimum atomic E-state index is -0.312. The minimum Gasteiger partial charge on any atom is -0.409 e. The van der Waals surface area contributed by atoms with Gasteiger partial charge in [-0.2, -0.15) is 11.8 Å². The van der Waals surface area contributed by atoms with E-state index in [9.17, 15) is 4.39 Å². The molecule has 0 bridgehead atoms. The normalized spacial score (nSPS) is 11.8. The van der Waals surface area contributed by atoms with Crippen LogP contribution in [0.2, 0.25) is 0 Å². The van der Waals surface area contributed by atoms with Crippen LogP contribution in [0.3, 0.4) is 0 Å². The van der Waals surface area contributed by atoms with E-state index in [2.05, 4.69) is 12.1 Å². The summed E-state index contributed by atoms with van der Waals surface area (Å²) >= 11 is 1.69. The third kappa shape index (κ3) is 3.41. The van der Waals surface area contributed by atoms with Gasteiger partial charge in [0.2, 0.25) is 0 Å². The third-order valence-corrected chi connectivity index (χ3v) is 3.27. The summed E-state index contributed by atoms with van der Waals surface area (Å²) in [4.78, 5) is 0. The lowest BCUT2D eigenvalue weighted by molar-refractivity contribution is 0.318. The zero-order valence-corrected chi connectivity index (χ0v) is 9.93. The summed E-state index contributed by atoms with van der Waals surface area (Å²) in [6.45, 7) is 2.09. The van der Waals surface area contributed by atoms with Gasteiger partial charge in [-0.3, -0.25) is 0 Å². The summed E-state index contributed by atoms with van der Waals surface area (Å²) < 4.78 is 13.6. The molecule has 1 aromatic carbocycles. The summed E-state index contributed by atoms with van der Waals surface area (Å²) in [6, 6.07) is 4.61. The van der Waals surface area contributed by atoms with Crippen molar-refractivity contribution in [2.75, 3.05) is 5.75 Å². The number of hydrogen-bond donors (Lipinski definition) is 2. The predicted octanol–water partition coefficient (Wildman–Crippen LogP) is 2.56.